The van der Waals surface area contributed by atoms with Crippen molar-refractivity contribution in [3.63, 3.8) is 0 Å². The average Bonchev–Trinajstić information content (AvgIpc) is 2.46. The maximum absolute atomic E-state index is 5.02. The molecule has 1 aromatic rings. The van der Waals surface area contributed by atoms with E-state index in [2.05, 4.69) is 41.3 Å². The van der Waals surface area contributed by atoms with Gasteiger partial charge in [0.2, 0.25) is 0 Å². The third kappa shape index (κ3) is 5.55. The third-order valence-electron chi connectivity index (χ3n) is 3.59. The lowest BCUT2D eigenvalue weighted by Gasteiger charge is -2.20. The van der Waals surface area contributed by atoms with Gasteiger partial charge in [-0.15, -0.1) is 11.8 Å². The van der Waals surface area contributed by atoms with Crippen LogP contribution in [0.3, 0.4) is 0 Å². The minimum Gasteiger partial charge on any atom is -0.383 e. The van der Waals surface area contributed by atoms with E-state index >= 15 is 0 Å². The molecule has 0 unspecified atom stereocenters. The molecule has 2 nitrogen and oxygen atoms in total. The van der Waals surface area contributed by atoms with Crippen LogP contribution in [0.5, 0.6) is 0 Å². The molecule has 0 atom stereocenters. The molecule has 106 valence electrons. The van der Waals surface area contributed by atoms with Crippen molar-refractivity contribution in [1.29, 1.82) is 0 Å². The summed E-state index contributed by atoms with van der Waals surface area (Å²) in [6.45, 7) is 2.61. The van der Waals surface area contributed by atoms with E-state index in [1.54, 1.807) is 7.11 Å². The Morgan fingerprint density at radius 1 is 1.16 bits per heavy atom. The molecule has 0 radical (unpaired) electrons. The van der Waals surface area contributed by atoms with Crippen LogP contribution in [0.4, 0.5) is 0 Å². The summed E-state index contributed by atoms with van der Waals surface area (Å²) in [5, 5.41) is 4.22. The molecule has 3 heteroatoms. The molecule has 1 aliphatic carbocycles. The Morgan fingerprint density at radius 3 is 2.58 bits per heavy atom. The number of benzene rings is 1. The summed E-state index contributed by atoms with van der Waals surface area (Å²) in [4.78, 5) is 1.42. The zero-order valence-electron chi connectivity index (χ0n) is 11.9. The van der Waals surface area contributed by atoms with Crippen molar-refractivity contribution >= 4 is 11.8 Å². The van der Waals surface area contributed by atoms with Gasteiger partial charge in [0.05, 0.1) is 6.61 Å². The SMILES string of the molecule is COCCNCc1ccc(SC2CCCCC2)cc1. The smallest absolute Gasteiger partial charge is 0.0587 e. The van der Waals surface area contributed by atoms with E-state index in [1.165, 1.54) is 42.6 Å². The van der Waals surface area contributed by atoms with Crippen molar-refractivity contribution in [2.24, 2.45) is 0 Å². The van der Waals surface area contributed by atoms with Gasteiger partial charge in [0.25, 0.3) is 0 Å². The molecule has 2 rings (SSSR count). The second kappa shape index (κ2) is 8.62. The number of rotatable bonds is 7. The van der Waals surface area contributed by atoms with Gasteiger partial charge < -0.3 is 10.1 Å². The zero-order chi connectivity index (χ0) is 13.3. The van der Waals surface area contributed by atoms with Gasteiger partial charge >= 0.3 is 0 Å². The van der Waals surface area contributed by atoms with Crippen LogP contribution in [0.1, 0.15) is 37.7 Å². The van der Waals surface area contributed by atoms with Crippen molar-refractivity contribution in [1.82, 2.24) is 5.32 Å². The third-order valence-corrected chi connectivity index (χ3v) is 4.94. The molecule has 1 N–H and O–H groups in total. The molecule has 1 fully saturated rings. The van der Waals surface area contributed by atoms with Crippen LogP contribution in [0.15, 0.2) is 29.2 Å². The lowest BCUT2D eigenvalue weighted by atomic mass is 10.0. The van der Waals surface area contributed by atoms with Crippen molar-refractivity contribution in [2.45, 2.75) is 48.8 Å². The fourth-order valence-corrected chi connectivity index (χ4v) is 3.72. The predicted octanol–water partition coefficient (Wildman–Crippen LogP) is 3.85. The van der Waals surface area contributed by atoms with Crippen molar-refractivity contribution in [2.75, 3.05) is 20.3 Å². The molecule has 1 aromatic carbocycles. The van der Waals surface area contributed by atoms with Crippen molar-refractivity contribution in [3.8, 4) is 0 Å². The van der Waals surface area contributed by atoms with Gasteiger partial charge in [-0.05, 0) is 30.5 Å². The van der Waals surface area contributed by atoms with Gasteiger partial charge in [-0.3, -0.25) is 0 Å². The highest BCUT2D eigenvalue weighted by Crippen LogP contribution is 2.33. The summed E-state index contributed by atoms with van der Waals surface area (Å²) in [6.07, 6.45) is 7.05. The minimum absolute atomic E-state index is 0.773. The lowest BCUT2D eigenvalue weighted by Crippen LogP contribution is -2.18. The average molecular weight is 279 g/mol. The van der Waals surface area contributed by atoms with Crippen LogP contribution in [-0.2, 0) is 11.3 Å². The normalized spacial score (nSPS) is 16.7. The Morgan fingerprint density at radius 2 is 1.89 bits per heavy atom. The van der Waals surface area contributed by atoms with Gasteiger partial charge in [-0.25, -0.2) is 0 Å². The Bertz CT molecular complexity index is 346. The Balaban J connectivity index is 1.74. The molecule has 0 aromatic heterocycles. The number of hydrogen-bond donors (Lipinski definition) is 1. The molecule has 0 saturated heterocycles. The van der Waals surface area contributed by atoms with Crippen molar-refractivity contribution in [3.05, 3.63) is 29.8 Å². The molecule has 19 heavy (non-hydrogen) atoms. The number of thioether (sulfide) groups is 1. The summed E-state index contributed by atoms with van der Waals surface area (Å²) in [6, 6.07) is 9.02. The number of methoxy groups -OCH3 is 1. The van der Waals surface area contributed by atoms with Crippen LogP contribution in [0.25, 0.3) is 0 Å². The molecule has 0 aliphatic heterocycles. The van der Waals surface area contributed by atoms with Gasteiger partial charge in [0.15, 0.2) is 0 Å². The van der Waals surface area contributed by atoms with E-state index in [0.29, 0.717) is 0 Å². The fraction of sp³-hybridized carbons (Fsp3) is 0.625. The molecule has 0 spiro atoms. The summed E-state index contributed by atoms with van der Waals surface area (Å²) in [7, 11) is 1.74. The van der Waals surface area contributed by atoms with E-state index in [9.17, 15) is 0 Å². The Kier molecular flexibility index (Phi) is 6.75. The van der Waals surface area contributed by atoms with E-state index in [0.717, 1.165) is 24.9 Å². The molecule has 0 heterocycles. The molecular weight excluding hydrogens is 254 g/mol. The second-order valence-electron chi connectivity index (χ2n) is 5.19. The molecule has 0 bridgehead atoms. The highest BCUT2D eigenvalue weighted by atomic mass is 32.2. The fourth-order valence-electron chi connectivity index (χ4n) is 2.47. The Hall–Kier alpha value is -0.510. The quantitative estimate of drug-likeness (QED) is 0.766. The highest BCUT2D eigenvalue weighted by Gasteiger charge is 2.14. The maximum Gasteiger partial charge on any atom is 0.0587 e. The van der Waals surface area contributed by atoms with Crippen LogP contribution < -0.4 is 5.32 Å². The van der Waals surface area contributed by atoms with E-state index < -0.39 is 0 Å². The first-order chi connectivity index (χ1) is 9.38. The minimum atomic E-state index is 0.773. The summed E-state index contributed by atoms with van der Waals surface area (Å²) < 4.78 is 5.02. The van der Waals surface area contributed by atoms with Gasteiger partial charge in [0, 0.05) is 30.3 Å². The van der Waals surface area contributed by atoms with E-state index in [-0.39, 0.29) is 0 Å². The monoisotopic (exact) mass is 279 g/mol. The number of hydrogen-bond acceptors (Lipinski definition) is 3. The topological polar surface area (TPSA) is 21.3 Å². The van der Waals surface area contributed by atoms with Gasteiger partial charge in [-0.2, -0.15) is 0 Å². The van der Waals surface area contributed by atoms with E-state index in [1.807, 2.05) is 0 Å². The van der Waals surface area contributed by atoms with Gasteiger partial charge in [0.1, 0.15) is 0 Å². The van der Waals surface area contributed by atoms with Gasteiger partial charge in [-0.1, -0.05) is 31.4 Å². The first kappa shape index (κ1) is 14.9. The first-order valence-electron chi connectivity index (χ1n) is 7.34. The van der Waals surface area contributed by atoms with Crippen LogP contribution >= 0.6 is 11.8 Å². The largest absolute Gasteiger partial charge is 0.383 e. The molecule has 0 amide bonds. The zero-order valence-corrected chi connectivity index (χ0v) is 12.7. The standard InChI is InChI=1S/C16H25NOS/c1-18-12-11-17-13-14-7-9-16(10-8-14)19-15-5-3-2-4-6-15/h7-10,15,17H,2-6,11-13H2,1H3. The summed E-state index contributed by atoms with van der Waals surface area (Å²) in [5.74, 6) is 0. The lowest BCUT2D eigenvalue weighted by molar-refractivity contribution is 0.199. The summed E-state index contributed by atoms with van der Waals surface area (Å²) >= 11 is 2.06. The Labute approximate surface area is 121 Å². The molecule has 1 aliphatic rings. The summed E-state index contributed by atoms with van der Waals surface area (Å²) in [5.41, 5.74) is 1.35. The van der Waals surface area contributed by atoms with Crippen LogP contribution in [0.2, 0.25) is 0 Å². The second-order valence-corrected chi connectivity index (χ2v) is 6.57. The highest BCUT2D eigenvalue weighted by molar-refractivity contribution is 8.00. The number of ether oxygens (including phenoxy) is 1. The first-order valence-corrected chi connectivity index (χ1v) is 8.21. The number of nitrogens with one attached hydrogen (secondary N) is 1. The molecule has 1 saturated carbocycles. The van der Waals surface area contributed by atoms with Crippen LogP contribution in [0, 0.1) is 0 Å². The molecular formula is C16H25NOS. The van der Waals surface area contributed by atoms with Crippen molar-refractivity contribution < 1.29 is 4.74 Å². The predicted molar refractivity (Wildman–Crippen MR) is 82.8 cm³/mol. The van der Waals surface area contributed by atoms with E-state index in [4.69, 9.17) is 4.74 Å². The maximum atomic E-state index is 5.02. The van der Waals surface area contributed by atoms with Crippen LogP contribution in [-0.4, -0.2) is 25.5 Å².